The van der Waals surface area contributed by atoms with Gasteiger partial charge < -0.3 is 15.3 Å². The van der Waals surface area contributed by atoms with Gasteiger partial charge in [-0.05, 0) is 30.4 Å². The maximum atomic E-state index is 12.1. The summed E-state index contributed by atoms with van der Waals surface area (Å²) in [6.45, 7) is 0.807. The van der Waals surface area contributed by atoms with E-state index >= 15 is 0 Å². The molecule has 2 amide bonds. The Morgan fingerprint density at radius 3 is 2.95 bits per heavy atom. The highest BCUT2D eigenvalue weighted by molar-refractivity contribution is 5.82. The van der Waals surface area contributed by atoms with Crippen molar-refractivity contribution in [3.8, 4) is 0 Å². The summed E-state index contributed by atoms with van der Waals surface area (Å²) in [7, 11) is 1.71. The monoisotopic (exact) mass is 299 g/mol. The van der Waals surface area contributed by atoms with E-state index in [-0.39, 0.29) is 6.03 Å². The second kappa shape index (κ2) is 6.32. The maximum Gasteiger partial charge on any atom is 0.317 e. The zero-order chi connectivity index (χ0) is 15.5. The summed E-state index contributed by atoms with van der Waals surface area (Å²) in [5.41, 5.74) is 1.90. The molecule has 0 spiro atoms. The van der Waals surface area contributed by atoms with Crippen LogP contribution in [0.25, 0.3) is 10.9 Å². The first-order valence-electron chi connectivity index (χ1n) is 7.65. The van der Waals surface area contributed by atoms with Crippen LogP contribution in [0.15, 0.2) is 36.5 Å². The molecular formula is C17H21N3O2. The van der Waals surface area contributed by atoms with Gasteiger partial charge in [-0.2, -0.15) is 0 Å². The Labute approximate surface area is 130 Å². The van der Waals surface area contributed by atoms with Crippen LogP contribution < -0.4 is 5.32 Å². The average molecular weight is 299 g/mol. The molecule has 0 aliphatic heterocycles. The van der Waals surface area contributed by atoms with E-state index in [9.17, 15) is 9.90 Å². The number of pyridine rings is 1. The molecule has 1 aromatic carbocycles. The molecule has 2 aromatic rings. The number of carbonyl (C=O) groups is 1. The smallest absolute Gasteiger partial charge is 0.317 e. The van der Waals surface area contributed by atoms with Crippen molar-refractivity contribution in [3.05, 3.63) is 42.1 Å². The molecule has 1 saturated carbocycles. The van der Waals surface area contributed by atoms with Crippen LogP contribution >= 0.6 is 0 Å². The quantitative estimate of drug-likeness (QED) is 0.889. The number of aliphatic hydroxyl groups is 1. The molecule has 1 aromatic heterocycles. The number of benzene rings is 1. The van der Waals surface area contributed by atoms with Crippen LogP contribution in [0, 0.1) is 5.92 Å². The Hall–Kier alpha value is -2.14. The molecule has 2 N–H and O–H groups in total. The van der Waals surface area contributed by atoms with E-state index in [0.29, 0.717) is 19.0 Å². The number of para-hydroxylation sites is 1. The SMILES string of the molecule is CN(CC(O)C1CC1)C(=O)NCc1cccc2cccnc12. The van der Waals surface area contributed by atoms with Crippen LogP contribution in [0.2, 0.25) is 0 Å². The number of nitrogens with zero attached hydrogens (tertiary/aromatic N) is 2. The Bertz CT molecular complexity index is 665. The van der Waals surface area contributed by atoms with Gasteiger partial charge in [0.25, 0.3) is 0 Å². The Balaban J connectivity index is 1.59. The summed E-state index contributed by atoms with van der Waals surface area (Å²) in [6, 6.07) is 9.67. The number of amides is 2. The first-order valence-corrected chi connectivity index (χ1v) is 7.65. The minimum atomic E-state index is -0.407. The first kappa shape index (κ1) is 14.8. The van der Waals surface area contributed by atoms with Crippen LogP contribution in [0.4, 0.5) is 4.79 Å². The van der Waals surface area contributed by atoms with Crippen molar-refractivity contribution < 1.29 is 9.90 Å². The molecule has 1 heterocycles. The van der Waals surface area contributed by atoms with Crippen molar-refractivity contribution in [3.63, 3.8) is 0 Å². The second-order valence-corrected chi connectivity index (χ2v) is 5.94. The molecule has 22 heavy (non-hydrogen) atoms. The van der Waals surface area contributed by atoms with Crippen LogP contribution in [-0.2, 0) is 6.54 Å². The van der Waals surface area contributed by atoms with E-state index in [1.54, 1.807) is 18.1 Å². The van der Waals surface area contributed by atoms with Gasteiger partial charge >= 0.3 is 6.03 Å². The van der Waals surface area contributed by atoms with E-state index < -0.39 is 6.10 Å². The molecule has 1 unspecified atom stereocenters. The predicted octanol–water partition coefficient (Wildman–Crippen LogP) is 2.15. The standard InChI is InChI=1S/C17H21N3O2/c1-20(11-15(21)12-7-8-12)17(22)19-10-14-5-2-4-13-6-3-9-18-16(13)14/h2-6,9,12,15,21H,7-8,10-11H2,1H3,(H,19,22). The number of urea groups is 1. The van der Waals surface area contributed by atoms with Crippen molar-refractivity contribution in [2.75, 3.05) is 13.6 Å². The molecule has 116 valence electrons. The van der Waals surface area contributed by atoms with Gasteiger partial charge in [0.05, 0.1) is 11.6 Å². The van der Waals surface area contributed by atoms with Gasteiger partial charge in [-0.25, -0.2) is 4.79 Å². The lowest BCUT2D eigenvalue weighted by Crippen LogP contribution is -2.41. The Kier molecular flexibility index (Phi) is 4.24. The van der Waals surface area contributed by atoms with Crippen molar-refractivity contribution in [2.45, 2.75) is 25.5 Å². The van der Waals surface area contributed by atoms with Crippen molar-refractivity contribution in [2.24, 2.45) is 5.92 Å². The lowest BCUT2D eigenvalue weighted by molar-refractivity contribution is 0.113. The third-order valence-electron chi connectivity index (χ3n) is 4.12. The lowest BCUT2D eigenvalue weighted by Gasteiger charge is -2.21. The molecule has 5 heteroatoms. The average Bonchev–Trinajstić information content (AvgIpc) is 3.37. The number of hydrogen-bond donors (Lipinski definition) is 2. The summed E-state index contributed by atoms with van der Waals surface area (Å²) < 4.78 is 0. The molecule has 0 bridgehead atoms. The Morgan fingerprint density at radius 2 is 2.18 bits per heavy atom. The molecule has 1 fully saturated rings. The fraction of sp³-hybridized carbons (Fsp3) is 0.412. The van der Waals surface area contributed by atoms with Crippen molar-refractivity contribution in [1.82, 2.24) is 15.2 Å². The van der Waals surface area contributed by atoms with Gasteiger partial charge in [-0.3, -0.25) is 4.98 Å². The normalized spacial score (nSPS) is 15.5. The van der Waals surface area contributed by atoms with Crippen LogP contribution in [0.1, 0.15) is 18.4 Å². The molecule has 1 aliphatic carbocycles. The highest BCUT2D eigenvalue weighted by Crippen LogP contribution is 2.32. The molecule has 1 atom stereocenters. The largest absolute Gasteiger partial charge is 0.391 e. The van der Waals surface area contributed by atoms with Gasteiger partial charge in [-0.15, -0.1) is 0 Å². The molecule has 1 aliphatic rings. The first-order chi connectivity index (χ1) is 10.6. The number of aromatic nitrogens is 1. The van der Waals surface area contributed by atoms with E-state index in [4.69, 9.17) is 0 Å². The van der Waals surface area contributed by atoms with Gasteiger partial charge in [-0.1, -0.05) is 24.3 Å². The number of nitrogens with one attached hydrogen (secondary N) is 1. The zero-order valence-corrected chi connectivity index (χ0v) is 12.7. The number of aliphatic hydroxyl groups excluding tert-OH is 1. The lowest BCUT2D eigenvalue weighted by atomic mass is 10.1. The van der Waals surface area contributed by atoms with Crippen molar-refractivity contribution in [1.29, 1.82) is 0 Å². The molecular weight excluding hydrogens is 278 g/mol. The van der Waals surface area contributed by atoms with E-state index in [2.05, 4.69) is 10.3 Å². The van der Waals surface area contributed by atoms with E-state index in [0.717, 1.165) is 29.3 Å². The summed E-state index contributed by atoms with van der Waals surface area (Å²) in [5, 5.41) is 13.9. The summed E-state index contributed by atoms with van der Waals surface area (Å²) in [5.74, 6) is 0.373. The highest BCUT2D eigenvalue weighted by Gasteiger charge is 2.31. The van der Waals surface area contributed by atoms with Gasteiger partial charge in [0.15, 0.2) is 0 Å². The number of likely N-dealkylation sites (N-methyl/N-ethyl adjacent to an activating group) is 1. The summed E-state index contributed by atoms with van der Waals surface area (Å²) in [6.07, 6.45) is 3.48. The molecule has 0 saturated heterocycles. The summed E-state index contributed by atoms with van der Waals surface area (Å²) in [4.78, 5) is 18.0. The van der Waals surface area contributed by atoms with E-state index in [1.807, 2.05) is 30.3 Å². The van der Waals surface area contributed by atoms with Gasteiger partial charge in [0, 0.05) is 31.7 Å². The number of rotatable bonds is 5. The Morgan fingerprint density at radius 1 is 1.41 bits per heavy atom. The van der Waals surface area contributed by atoms with Crippen LogP contribution in [0.3, 0.4) is 0 Å². The fourth-order valence-electron chi connectivity index (χ4n) is 2.61. The summed E-state index contributed by atoms with van der Waals surface area (Å²) >= 11 is 0. The predicted molar refractivity (Wildman–Crippen MR) is 85.3 cm³/mol. The highest BCUT2D eigenvalue weighted by atomic mass is 16.3. The zero-order valence-electron chi connectivity index (χ0n) is 12.7. The third-order valence-corrected chi connectivity index (χ3v) is 4.12. The number of carbonyl (C=O) groups excluding carboxylic acids is 1. The minimum absolute atomic E-state index is 0.173. The van der Waals surface area contributed by atoms with Crippen LogP contribution in [-0.4, -0.2) is 40.7 Å². The van der Waals surface area contributed by atoms with Gasteiger partial charge in [0.2, 0.25) is 0 Å². The minimum Gasteiger partial charge on any atom is -0.391 e. The number of fused-ring (bicyclic) bond motifs is 1. The van der Waals surface area contributed by atoms with Gasteiger partial charge in [0.1, 0.15) is 0 Å². The molecule has 0 radical (unpaired) electrons. The topological polar surface area (TPSA) is 65.5 Å². The fourth-order valence-corrected chi connectivity index (χ4v) is 2.61. The third kappa shape index (κ3) is 3.36. The molecule has 5 nitrogen and oxygen atoms in total. The van der Waals surface area contributed by atoms with E-state index in [1.165, 1.54) is 0 Å². The number of hydrogen-bond acceptors (Lipinski definition) is 3. The maximum absolute atomic E-state index is 12.1. The van der Waals surface area contributed by atoms with Crippen molar-refractivity contribution >= 4 is 16.9 Å². The van der Waals surface area contributed by atoms with Crippen LogP contribution in [0.5, 0.6) is 0 Å². The molecule has 3 rings (SSSR count). The second-order valence-electron chi connectivity index (χ2n) is 5.94.